The Morgan fingerprint density at radius 1 is 1.07 bits per heavy atom. The number of benzene rings is 3. The number of fused-ring (bicyclic) bond motifs is 2. The van der Waals surface area contributed by atoms with Crippen molar-refractivity contribution in [2.24, 2.45) is 0 Å². The summed E-state index contributed by atoms with van der Waals surface area (Å²) in [5.74, 6) is 2.57. The highest BCUT2D eigenvalue weighted by molar-refractivity contribution is 5.93. The van der Waals surface area contributed by atoms with Gasteiger partial charge < -0.3 is 24.1 Å². The molecule has 1 N–H and O–H groups in total. The molecule has 0 fully saturated rings. The van der Waals surface area contributed by atoms with Crippen LogP contribution in [-0.4, -0.2) is 29.4 Å². The minimum Gasteiger partial charge on any atom is -0.497 e. The Morgan fingerprint density at radius 2 is 1.93 bits per heavy atom. The number of nitrogens with zero attached hydrogens (tertiary/aromatic N) is 2. The van der Waals surface area contributed by atoms with Crippen molar-refractivity contribution in [3.05, 3.63) is 66.7 Å². The van der Waals surface area contributed by atoms with Crippen LogP contribution in [0.5, 0.6) is 17.2 Å². The normalized spacial score (nSPS) is 12.2. The predicted molar refractivity (Wildman–Crippen MR) is 113 cm³/mol. The number of carbonyl (C=O) groups excluding carboxylic acids is 1. The van der Waals surface area contributed by atoms with E-state index in [1.807, 2.05) is 53.1 Å². The molecule has 7 nitrogen and oxygen atoms in total. The fourth-order valence-electron chi connectivity index (χ4n) is 3.54. The third-order valence-corrected chi connectivity index (χ3v) is 4.94. The number of hydrogen-bond donors (Lipinski definition) is 1. The van der Waals surface area contributed by atoms with Crippen LogP contribution in [0.1, 0.15) is 0 Å². The lowest BCUT2D eigenvalue weighted by atomic mass is 10.2. The number of imidazole rings is 1. The Balaban J connectivity index is 1.47. The molecule has 1 amide bonds. The highest BCUT2D eigenvalue weighted by Gasteiger charge is 2.17. The maximum absolute atomic E-state index is 12.9. The monoisotopic (exact) mass is 401 g/mol. The van der Waals surface area contributed by atoms with Crippen LogP contribution in [0.2, 0.25) is 0 Å². The second-order valence-corrected chi connectivity index (χ2v) is 6.86. The van der Waals surface area contributed by atoms with Crippen LogP contribution in [-0.2, 0) is 11.3 Å². The largest absolute Gasteiger partial charge is 0.497 e. The van der Waals surface area contributed by atoms with Crippen LogP contribution >= 0.6 is 0 Å². The molecule has 0 spiro atoms. The van der Waals surface area contributed by atoms with E-state index < -0.39 is 0 Å². The van der Waals surface area contributed by atoms with Crippen LogP contribution in [0.4, 0.5) is 5.69 Å². The molecule has 5 rings (SSSR count). The number of anilines is 1. The molecule has 0 aliphatic carbocycles. The molecule has 4 aromatic rings. The van der Waals surface area contributed by atoms with Crippen molar-refractivity contribution in [2.75, 3.05) is 19.2 Å². The van der Waals surface area contributed by atoms with Crippen molar-refractivity contribution in [1.29, 1.82) is 0 Å². The van der Waals surface area contributed by atoms with Gasteiger partial charge in [0.15, 0.2) is 11.5 Å². The number of aromatic nitrogens is 2. The van der Waals surface area contributed by atoms with E-state index in [0.29, 0.717) is 23.0 Å². The summed E-state index contributed by atoms with van der Waals surface area (Å²) in [6.07, 6.45) is 0. The van der Waals surface area contributed by atoms with Gasteiger partial charge in [-0.3, -0.25) is 4.79 Å². The van der Waals surface area contributed by atoms with Crippen molar-refractivity contribution in [2.45, 2.75) is 6.54 Å². The van der Waals surface area contributed by atoms with Gasteiger partial charge in [0.2, 0.25) is 12.7 Å². The molecule has 2 heterocycles. The second kappa shape index (κ2) is 7.44. The van der Waals surface area contributed by atoms with Crippen LogP contribution in [0, 0.1) is 0 Å². The summed E-state index contributed by atoms with van der Waals surface area (Å²) in [5, 5.41) is 2.93. The fourth-order valence-corrected chi connectivity index (χ4v) is 3.54. The average molecular weight is 401 g/mol. The number of rotatable bonds is 5. The number of hydrogen-bond acceptors (Lipinski definition) is 5. The molecule has 0 bridgehead atoms. The number of para-hydroxylation sites is 2. The van der Waals surface area contributed by atoms with Crippen LogP contribution < -0.4 is 19.5 Å². The lowest BCUT2D eigenvalue weighted by molar-refractivity contribution is -0.116. The minimum absolute atomic E-state index is 0.113. The van der Waals surface area contributed by atoms with Crippen molar-refractivity contribution in [3.63, 3.8) is 0 Å². The smallest absolute Gasteiger partial charge is 0.244 e. The first-order chi connectivity index (χ1) is 14.7. The lowest BCUT2D eigenvalue weighted by Crippen LogP contribution is -2.19. The molecule has 1 aliphatic heterocycles. The van der Waals surface area contributed by atoms with Crippen molar-refractivity contribution >= 4 is 22.6 Å². The summed E-state index contributed by atoms with van der Waals surface area (Å²) < 4.78 is 18.0. The van der Waals surface area contributed by atoms with Crippen LogP contribution in [0.3, 0.4) is 0 Å². The molecule has 0 unspecified atom stereocenters. The first-order valence-corrected chi connectivity index (χ1v) is 9.50. The first-order valence-electron chi connectivity index (χ1n) is 9.50. The summed E-state index contributed by atoms with van der Waals surface area (Å²) in [6.45, 7) is 0.305. The number of ether oxygens (including phenoxy) is 3. The van der Waals surface area contributed by atoms with E-state index in [1.165, 1.54) is 0 Å². The van der Waals surface area contributed by atoms with Crippen molar-refractivity contribution < 1.29 is 19.0 Å². The molecule has 0 atom stereocenters. The van der Waals surface area contributed by atoms with Gasteiger partial charge in [-0.2, -0.15) is 0 Å². The van der Waals surface area contributed by atoms with E-state index in [4.69, 9.17) is 19.2 Å². The quantitative estimate of drug-likeness (QED) is 0.545. The third-order valence-electron chi connectivity index (χ3n) is 4.94. The molecule has 3 aromatic carbocycles. The number of nitrogens with one attached hydrogen (secondary N) is 1. The van der Waals surface area contributed by atoms with Crippen LogP contribution in [0.15, 0.2) is 66.7 Å². The van der Waals surface area contributed by atoms with Crippen molar-refractivity contribution in [1.82, 2.24) is 9.55 Å². The van der Waals surface area contributed by atoms with Gasteiger partial charge in [0.25, 0.3) is 0 Å². The first kappa shape index (κ1) is 18.1. The van der Waals surface area contributed by atoms with Gasteiger partial charge in [-0.25, -0.2) is 4.98 Å². The fraction of sp³-hybridized carbons (Fsp3) is 0.130. The summed E-state index contributed by atoms with van der Waals surface area (Å²) in [6, 6.07) is 20.7. The predicted octanol–water partition coefficient (Wildman–Crippen LogP) is 4.08. The van der Waals surface area contributed by atoms with Gasteiger partial charge in [0, 0.05) is 17.3 Å². The van der Waals surface area contributed by atoms with Gasteiger partial charge in [-0.05, 0) is 36.4 Å². The molecular weight excluding hydrogens is 382 g/mol. The molecule has 150 valence electrons. The van der Waals surface area contributed by atoms with E-state index in [1.54, 1.807) is 25.3 Å². The summed E-state index contributed by atoms with van der Waals surface area (Å²) in [4.78, 5) is 17.6. The van der Waals surface area contributed by atoms with E-state index >= 15 is 0 Å². The maximum atomic E-state index is 12.9. The molecule has 0 saturated carbocycles. The Labute approximate surface area is 172 Å². The van der Waals surface area contributed by atoms with Gasteiger partial charge >= 0.3 is 0 Å². The van der Waals surface area contributed by atoms with Gasteiger partial charge in [-0.15, -0.1) is 0 Å². The molecule has 0 radical (unpaired) electrons. The summed E-state index contributed by atoms with van der Waals surface area (Å²) >= 11 is 0. The van der Waals surface area contributed by atoms with E-state index in [9.17, 15) is 4.79 Å². The Bertz CT molecular complexity index is 1250. The average Bonchev–Trinajstić information content (AvgIpc) is 3.38. The topological polar surface area (TPSA) is 74.6 Å². The highest BCUT2D eigenvalue weighted by atomic mass is 16.7. The molecule has 1 aromatic heterocycles. The highest BCUT2D eigenvalue weighted by Crippen LogP contribution is 2.34. The second-order valence-electron chi connectivity index (χ2n) is 6.86. The lowest BCUT2D eigenvalue weighted by Gasteiger charge is -2.11. The number of methoxy groups -OCH3 is 1. The standard InChI is InChI=1S/C23H19N3O4/c1-28-17-6-4-5-15(11-17)23-25-18-7-2-3-8-19(18)26(23)13-22(27)24-16-9-10-20-21(12-16)30-14-29-20/h2-12H,13-14H2,1H3,(H,24,27). The minimum atomic E-state index is -0.166. The zero-order valence-corrected chi connectivity index (χ0v) is 16.3. The van der Waals surface area contributed by atoms with Crippen molar-refractivity contribution in [3.8, 4) is 28.6 Å². The summed E-state index contributed by atoms with van der Waals surface area (Å²) in [7, 11) is 1.63. The molecule has 7 heteroatoms. The zero-order chi connectivity index (χ0) is 20.5. The Kier molecular flexibility index (Phi) is 4.48. The summed E-state index contributed by atoms with van der Waals surface area (Å²) in [5.41, 5.74) is 3.24. The molecular formula is C23H19N3O4. The van der Waals surface area contributed by atoms with Gasteiger partial charge in [-0.1, -0.05) is 24.3 Å². The Morgan fingerprint density at radius 3 is 2.83 bits per heavy atom. The molecule has 1 aliphatic rings. The zero-order valence-electron chi connectivity index (χ0n) is 16.3. The van der Waals surface area contributed by atoms with Crippen LogP contribution in [0.25, 0.3) is 22.4 Å². The number of carbonyl (C=O) groups is 1. The molecule has 30 heavy (non-hydrogen) atoms. The van der Waals surface area contributed by atoms with E-state index in [-0.39, 0.29) is 19.2 Å². The molecule has 0 saturated heterocycles. The van der Waals surface area contributed by atoms with E-state index in [2.05, 4.69) is 5.32 Å². The third kappa shape index (κ3) is 3.30. The number of amides is 1. The van der Waals surface area contributed by atoms with E-state index in [0.717, 1.165) is 22.3 Å². The maximum Gasteiger partial charge on any atom is 0.244 e. The Hall–Kier alpha value is -4.00. The van der Waals surface area contributed by atoms with Gasteiger partial charge in [0.05, 0.1) is 18.1 Å². The van der Waals surface area contributed by atoms with Gasteiger partial charge in [0.1, 0.15) is 18.1 Å². The SMILES string of the molecule is COc1cccc(-c2nc3ccccc3n2CC(=O)Nc2ccc3c(c2)OCO3)c1.